The normalized spacial score (nSPS) is 14.3. The van der Waals surface area contributed by atoms with Crippen LogP contribution in [0, 0.1) is 11.3 Å². The molecule has 8 heterocycles. The van der Waals surface area contributed by atoms with Crippen molar-refractivity contribution in [1.29, 1.82) is 5.26 Å². The molecule has 0 aliphatic carbocycles. The maximum Gasteiger partial charge on any atom is 0.333 e. The van der Waals surface area contributed by atoms with Crippen molar-refractivity contribution in [2.24, 2.45) is 0 Å². The summed E-state index contributed by atoms with van der Waals surface area (Å²) in [6, 6.07) is 81.8. The molecule has 4 aliphatic heterocycles. The molecule has 0 saturated carbocycles. The van der Waals surface area contributed by atoms with E-state index < -0.39 is 10.8 Å². The fourth-order valence-electron chi connectivity index (χ4n) is 20.7. The summed E-state index contributed by atoms with van der Waals surface area (Å²) < 4.78 is 10.7. The molecule has 7 heteroatoms. The van der Waals surface area contributed by atoms with Crippen molar-refractivity contribution in [1.82, 2.24) is 18.1 Å². The van der Waals surface area contributed by atoms with E-state index in [9.17, 15) is 5.26 Å². The van der Waals surface area contributed by atoms with E-state index >= 15 is 0 Å². The lowest BCUT2D eigenvalue weighted by Gasteiger charge is -2.44. The molecule has 19 aromatic rings. The van der Waals surface area contributed by atoms with Gasteiger partial charge in [-0.25, -0.2) is 0 Å². The summed E-state index contributed by atoms with van der Waals surface area (Å²) in [5, 5.41) is 35.0. The van der Waals surface area contributed by atoms with Crippen LogP contribution in [0.2, 0.25) is 0 Å². The van der Waals surface area contributed by atoms with Crippen LogP contribution in [0.5, 0.6) is 0 Å². The highest BCUT2D eigenvalue weighted by molar-refractivity contribution is 6.91. The molecule has 0 N–H and O–H groups in total. The second kappa shape index (κ2) is 18.2. The van der Waals surface area contributed by atoms with Gasteiger partial charge in [-0.2, -0.15) is 5.26 Å². The van der Waals surface area contributed by atoms with Gasteiger partial charge < -0.3 is 18.1 Å². The van der Waals surface area contributed by atoms with Crippen LogP contribution < -0.4 is 21.9 Å². The van der Waals surface area contributed by atoms with Crippen molar-refractivity contribution in [2.75, 3.05) is 0 Å². The molecule has 0 amide bonds. The molecule has 4 aliphatic rings. The number of nitriles is 1. The Labute approximate surface area is 592 Å². The van der Waals surface area contributed by atoms with E-state index in [4.69, 9.17) is 0 Å². The summed E-state index contributed by atoms with van der Waals surface area (Å²) >= 11 is 0. The van der Waals surface area contributed by atoms with E-state index in [2.05, 4.69) is 314 Å². The van der Waals surface area contributed by atoms with E-state index in [1.807, 2.05) is 6.07 Å². The Morgan fingerprint density at radius 3 is 1.50 bits per heavy atom. The smallest absolute Gasteiger partial charge is 0.333 e. The Hall–Kier alpha value is -11.1. The predicted octanol–water partition coefficient (Wildman–Crippen LogP) is 21.7. The summed E-state index contributed by atoms with van der Waals surface area (Å²) in [5.41, 5.74) is 28.4. The topological polar surface area (TPSA) is 43.5 Å². The first-order valence-corrected chi connectivity index (χ1v) is 36.8. The Morgan fingerprint density at radius 2 is 0.843 bits per heavy atom. The highest BCUT2D eigenvalue weighted by Gasteiger charge is 2.48. The number of hydrogen-bond acceptors (Lipinski definition) is 1. The van der Waals surface area contributed by atoms with Crippen LogP contribution in [0.15, 0.2) is 206 Å². The van der Waals surface area contributed by atoms with E-state index in [0.717, 1.165) is 10.9 Å². The second-order valence-electron chi connectivity index (χ2n) is 35.1. The number of rotatable bonds is 3. The van der Waals surface area contributed by atoms with Crippen LogP contribution in [0.3, 0.4) is 0 Å². The van der Waals surface area contributed by atoms with Crippen LogP contribution in [0.1, 0.15) is 123 Å². The number of benzene rings is 15. The quantitative estimate of drug-likeness (QED) is 0.128. The summed E-state index contributed by atoms with van der Waals surface area (Å²) in [6.45, 7) is 31.1. The van der Waals surface area contributed by atoms with Gasteiger partial charge in [0.05, 0.1) is 45.1 Å². The lowest BCUT2D eigenvalue weighted by atomic mass is 9.44. The lowest BCUT2D eigenvalue weighted by molar-refractivity contribution is 0.304. The minimum Gasteiger partial charge on any atom is -0.382 e. The minimum absolute atomic E-state index is 0.0103. The average molecular weight is 1310 g/mol. The van der Waals surface area contributed by atoms with Gasteiger partial charge in [0.25, 0.3) is 0 Å². The van der Waals surface area contributed by atoms with E-state index in [-0.39, 0.29) is 29.9 Å². The molecular formula is C95H73B2N5. The first-order chi connectivity index (χ1) is 49.0. The molecule has 0 atom stereocenters. The SMILES string of the molecule is CC(C)(C)c1cc2ccc3c4c5c(c6ccc(c1)c2c36)-n1c2ccc(C(C)(C)C)cc2c2cc(C(C)(C)C(C)(C)c3cc6ccc7c8c9c(c%10ccc(c3)c6c7%10)-n3c6ccccc6c6cccc(c63)B9n3c6ccc(C#N)cc6c6cc(C(C)(C)C)cc-8c63)cc(c21)B5n1ccc2cccc-4c21. The lowest BCUT2D eigenvalue weighted by Crippen LogP contribution is -2.55. The fraction of sp³-hybridized carbons (Fsp3) is 0.189. The average Bonchev–Trinajstić information content (AvgIpc) is 1.28. The molecule has 5 nitrogen and oxygen atoms in total. The Kier molecular flexibility index (Phi) is 10.3. The van der Waals surface area contributed by atoms with Crippen LogP contribution in [-0.4, -0.2) is 31.8 Å². The van der Waals surface area contributed by atoms with Crippen LogP contribution in [0.4, 0.5) is 0 Å². The van der Waals surface area contributed by atoms with Gasteiger partial charge in [-0.1, -0.05) is 230 Å². The largest absolute Gasteiger partial charge is 0.382 e. The van der Waals surface area contributed by atoms with Crippen LogP contribution >= 0.6 is 0 Å². The van der Waals surface area contributed by atoms with Gasteiger partial charge in [-0.05, 0) is 203 Å². The van der Waals surface area contributed by atoms with Gasteiger partial charge in [0.1, 0.15) is 0 Å². The number of aromatic nitrogens is 4. The maximum absolute atomic E-state index is 10.5. The molecule has 102 heavy (non-hydrogen) atoms. The zero-order valence-corrected chi connectivity index (χ0v) is 60.0. The number of hydrogen-bond donors (Lipinski definition) is 0. The minimum atomic E-state index is -0.405. The number of para-hydroxylation sites is 3. The molecule has 0 saturated heterocycles. The van der Waals surface area contributed by atoms with Crippen LogP contribution in [0.25, 0.3) is 175 Å². The van der Waals surface area contributed by atoms with Gasteiger partial charge in [-0.3, -0.25) is 0 Å². The van der Waals surface area contributed by atoms with Gasteiger partial charge in [-0.15, -0.1) is 0 Å². The van der Waals surface area contributed by atoms with Crippen molar-refractivity contribution in [3.63, 3.8) is 0 Å². The second-order valence-corrected chi connectivity index (χ2v) is 35.1. The zero-order valence-electron chi connectivity index (χ0n) is 60.0. The molecule has 15 aromatic carbocycles. The monoisotopic (exact) mass is 1310 g/mol. The Bertz CT molecular complexity index is 7230. The summed E-state index contributed by atoms with van der Waals surface area (Å²) in [4.78, 5) is 0. The molecule has 0 fully saturated rings. The maximum atomic E-state index is 10.5. The van der Waals surface area contributed by atoms with Crippen molar-refractivity contribution in [3.8, 4) is 39.7 Å². The third kappa shape index (κ3) is 6.72. The molecule has 0 unspecified atom stereocenters. The molecule has 23 rings (SSSR count). The zero-order chi connectivity index (χ0) is 69.0. The first-order valence-electron chi connectivity index (χ1n) is 36.8. The van der Waals surface area contributed by atoms with Crippen molar-refractivity contribution in [2.45, 2.75) is 117 Å². The Morgan fingerprint density at radius 1 is 0.324 bits per heavy atom. The molecule has 0 bridgehead atoms. The standard InChI is InChI=1S/C95H73B2N5/c1-91(2,3)55-29-35-75-68(43-55)70-46-59(47-73-88(70)101(75)89-65-32-27-52-40-56(92(4,5)6)39-51-25-30-62(79(65)77(51)52)81-64-21-16-18-50-36-37-99(85(50)64)96(73)83(81)89)95(12,13)94(10,11)58-41-53-26-31-63-80-66(33-28-54(42-58)78(53)80)90-84-82(63)71-45-57(93(7,8)9)44-69-67-38-49(48-98)24-34-76(67)102(86(69)71)97(84)72-22-17-20-61-60-19-14-15-23-74(60)100(90)87(61)72/h14-47H,1-13H3. The number of nitrogens with zero attached hydrogens (tertiary/aromatic N) is 5. The molecule has 4 aromatic heterocycles. The summed E-state index contributed by atoms with van der Waals surface area (Å²) in [5.74, 6) is 0. The van der Waals surface area contributed by atoms with Crippen LogP contribution in [-0.2, 0) is 27.1 Å². The van der Waals surface area contributed by atoms with Crippen molar-refractivity contribution < 1.29 is 0 Å². The van der Waals surface area contributed by atoms with Gasteiger partial charge in [0, 0.05) is 81.5 Å². The summed E-state index contributed by atoms with van der Waals surface area (Å²) in [6.07, 6.45) is 2.40. The van der Waals surface area contributed by atoms with Crippen molar-refractivity contribution in [3.05, 3.63) is 240 Å². The van der Waals surface area contributed by atoms with Gasteiger partial charge >= 0.3 is 13.7 Å². The van der Waals surface area contributed by atoms with E-state index in [1.54, 1.807) is 0 Å². The summed E-state index contributed by atoms with van der Waals surface area (Å²) in [7, 11) is 0. The van der Waals surface area contributed by atoms with Gasteiger partial charge in [0.15, 0.2) is 0 Å². The van der Waals surface area contributed by atoms with E-state index in [1.165, 1.54) is 213 Å². The van der Waals surface area contributed by atoms with Crippen molar-refractivity contribution >= 4 is 177 Å². The third-order valence-corrected chi connectivity index (χ3v) is 26.4. The van der Waals surface area contributed by atoms with Gasteiger partial charge in [0.2, 0.25) is 0 Å². The third-order valence-electron chi connectivity index (χ3n) is 26.4. The Balaban J connectivity index is 0.777. The predicted molar refractivity (Wildman–Crippen MR) is 436 cm³/mol. The molecule has 0 radical (unpaired) electrons. The molecule has 0 spiro atoms. The highest BCUT2D eigenvalue weighted by Crippen LogP contribution is 2.55. The molecular weight excluding hydrogens is 1230 g/mol. The highest BCUT2D eigenvalue weighted by atomic mass is 15.0. The van der Waals surface area contributed by atoms with E-state index in [0.29, 0.717) is 5.56 Å². The first kappa shape index (κ1) is 57.7. The molecule has 484 valence electrons. The fourth-order valence-corrected chi connectivity index (χ4v) is 20.7. The number of fused-ring (bicyclic) bond motifs is 21.